The first-order valence-electron chi connectivity index (χ1n) is 5.17. The first-order valence-corrected chi connectivity index (χ1v) is 5.17. The summed E-state index contributed by atoms with van der Waals surface area (Å²) < 4.78 is 5.30. The summed E-state index contributed by atoms with van der Waals surface area (Å²) in [5.41, 5.74) is 7.46. The van der Waals surface area contributed by atoms with Crippen molar-refractivity contribution in [1.29, 1.82) is 0 Å². The smallest absolute Gasteiger partial charge is 0.312 e. The molecule has 0 aliphatic carbocycles. The Morgan fingerprint density at radius 2 is 2.00 bits per heavy atom. The van der Waals surface area contributed by atoms with Crippen LogP contribution in [0.15, 0.2) is 28.7 Å². The van der Waals surface area contributed by atoms with E-state index in [-0.39, 0.29) is 11.4 Å². The summed E-state index contributed by atoms with van der Waals surface area (Å²) >= 11 is 0. The second-order valence-electron chi connectivity index (χ2n) is 4.44. The molecule has 0 spiro atoms. The largest absolute Gasteiger partial charge is 0.407 e. The van der Waals surface area contributed by atoms with Crippen molar-refractivity contribution in [2.24, 2.45) is 0 Å². The number of benzene rings is 1. The minimum Gasteiger partial charge on any atom is -0.407 e. The van der Waals surface area contributed by atoms with E-state index in [2.05, 4.69) is 29.3 Å². The lowest BCUT2D eigenvalue weighted by atomic mass is 9.84. The molecule has 2 N–H and O–H groups in total. The zero-order valence-corrected chi connectivity index (χ0v) is 9.69. The lowest BCUT2D eigenvalue weighted by Gasteiger charge is -2.20. The molecule has 1 aromatic heterocycles. The molecule has 0 aliphatic heterocycles. The van der Waals surface area contributed by atoms with Gasteiger partial charge in [0.15, 0.2) is 0 Å². The van der Waals surface area contributed by atoms with E-state index >= 15 is 0 Å². The Labute approximate surface area is 94.5 Å². The van der Waals surface area contributed by atoms with Crippen molar-refractivity contribution in [3.63, 3.8) is 0 Å². The van der Waals surface area contributed by atoms with Gasteiger partial charge in [0.1, 0.15) is 0 Å². The Morgan fingerprint density at radius 1 is 1.25 bits per heavy atom. The number of anilines is 1. The summed E-state index contributed by atoms with van der Waals surface area (Å²) in [5, 5.41) is 7.64. The molecule has 0 radical (unpaired) electrons. The fourth-order valence-electron chi connectivity index (χ4n) is 1.64. The second kappa shape index (κ2) is 3.63. The summed E-state index contributed by atoms with van der Waals surface area (Å²) in [6.45, 7) is 6.13. The molecule has 0 saturated carbocycles. The van der Waals surface area contributed by atoms with Gasteiger partial charge in [-0.15, -0.1) is 5.10 Å². The molecule has 0 bridgehead atoms. The maximum Gasteiger partial charge on any atom is 0.312 e. The van der Waals surface area contributed by atoms with E-state index in [1.165, 1.54) is 5.56 Å². The molecule has 0 fully saturated rings. The highest BCUT2D eigenvalue weighted by Gasteiger charge is 2.29. The van der Waals surface area contributed by atoms with E-state index in [0.29, 0.717) is 5.89 Å². The van der Waals surface area contributed by atoms with Crippen molar-refractivity contribution in [1.82, 2.24) is 10.2 Å². The Bertz CT molecular complexity index is 502. The molecular formula is C12H15N3O. The lowest BCUT2D eigenvalue weighted by Crippen LogP contribution is -2.19. The molecule has 84 valence electrons. The van der Waals surface area contributed by atoms with Crippen LogP contribution in [0.5, 0.6) is 0 Å². The number of nitrogens with two attached hydrogens (primary N) is 1. The number of rotatable bonds is 2. The Balaban J connectivity index is 2.46. The van der Waals surface area contributed by atoms with Crippen LogP contribution in [0.2, 0.25) is 0 Å². The summed E-state index contributed by atoms with van der Waals surface area (Å²) in [6, 6.07) is 8.34. The zero-order chi connectivity index (χ0) is 11.8. The predicted molar refractivity (Wildman–Crippen MR) is 62.0 cm³/mol. The molecule has 16 heavy (non-hydrogen) atoms. The summed E-state index contributed by atoms with van der Waals surface area (Å²) in [6.07, 6.45) is 0. The molecule has 1 aromatic carbocycles. The summed E-state index contributed by atoms with van der Waals surface area (Å²) in [4.78, 5) is 0. The normalized spacial score (nSPS) is 11.7. The lowest BCUT2D eigenvalue weighted by molar-refractivity contribution is 0.422. The van der Waals surface area contributed by atoms with Gasteiger partial charge in [0, 0.05) is 0 Å². The fraction of sp³-hybridized carbons (Fsp3) is 0.333. The zero-order valence-electron chi connectivity index (χ0n) is 9.69. The molecule has 2 rings (SSSR count). The predicted octanol–water partition coefficient (Wildman–Crippen LogP) is 2.29. The van der Waals surface area contributed by atoms with Gasteiger partial charge in [0.25, 0.3) is 0 Å². The van der Waals surface area contributed by atoms with Gasteiger partial charge in [-0.3, -0.25) is 0 Å². The van der Waals surface area contributed by atoms with E-state index in [9.17, 15) is 0 Å². The van der Waals surface area contributed by atoms with E-state index in [0.717, 1.165) is 5.56 Å². The number of nitrogen functional groups attached to an aromatic ring is 1. The standard InChI is InChI=1S/C12H15N3O/c1-8-5-4-6-9(7-8)12(2,3)10-14-15-11(13)16-10/h4-7H,1-3H3,(H2,13,15). The molecule has 2 aromatic rings. The maximum absolute atomic E-state index is 5.44. The molecule has 0 atom stereocenters. The van der Waals surface area contributed by atoms with Crippen molar-refractivity contribution in [2.75, 3.05) is 5.73 Å². The van der Waals surface area contributed by atoms with Crippen LogP contribution in [0.25, 0.3) is 0 Å². The average Bonchev–Trinajstić information content (AvgIpc) is 2.65. The Hall–Kier alpha value is -1.84. The first-order chi connectivity index (χ1) is 7.50. The van der Waals surface area contributed by atoms with Crippen molar-refractivity contribution in [3.8, 4) is 0 Å². The molecule has 0 saturated heterocycles. The number of aromatic nitrogens is 2. The van der Waals surface area contributed by atoms with E-state index in [1.807, 2.05) is 26.0 Å². The third kappa shape index (κ3) is 1.78. The Morgan fingerprint density at radius 3 is 2.56 bits per heavy atom. The SMILES string of the molecule is Cc1cccc(C(C)(C)c2nnc(N)o2)c1. The fourth-order valence-corrected chi connectivity index (χ4v) is 1.64. The van der Waals surface area contributed by atoms with E-state index in [1.54, 1.807) is 0 Å². The third-order valence-corrected chi connectivity index (χ3v) is 2.72. The van der Waals surface area contributed by atoms with Crippen LogP contribution in [0.1, 0.15) is 30.9 Å². The highest BCUT2D eigenvalue weighted by atomic mass is 16.4. The van der Waals surface area contributed by atoms with Gasteiger partial charge in [-0.2, -0.15) is 0 Å². The van der Waals surface area contributed by atoms with Gasteiger partial charge in [0.05, 0.1) is 5.41 Å². The monoisotopic (exact) mass is 217 g/mol. The van der Waals surface area contributed by atoms with Crippen molar-refractivity contribution >= 4 is 6.01 Å². The average molecular weight is 217 g/mol. The van der Waals surface area contributed by atoms with Crippen LogP contribution >= 0.6 is 0 Å². The molecular weight excluding hydrogens is 202 g/mol. The second-order valence-corrected chi connectivity index (χ2v) is 4.44. The quantitative estimate of drug-likeness (QED) is 0.838. The number of aryl methyl sites for hydroxylation is 1. The van der Waals surface area contributed by atoms with Crippen LogP contribution < -0.4 is 5.73 Å². The molecule has 0 aliphatic rings. The molecule has 4 heteroatoms. The minimum absolute atomic E-state index is 0.107. The van der Waals surface area contributed by atoms with E-state index in [4.69, 9.17) is 10.2 Å². The van der Waals surface area contributed by atoms with Gasteiger partial charge in [-0.05, 0) is 26.3 Å². The van der Waals surface area contributed by atoms with E-state index < -0.39 is 0 Å². The van der Waals surface area contributed by atoms with Crippen molar-refractivity contribution < 1.29 is 4.42 Å². The van der Waals surface area contributed by atoms with Gasteiger partial charge in [-0.1, -0.05) is 34.9 Å². The van der Waals surface area contributed by atoms with Gasteiger partial charge < -0.3 is 10.2 Å². The number of hydrogen-bond donors (Lipinski definition) is 1. The molecule has 0 amide bonds. The number of hydrogen-bond acceptors (Lipinski definition) is 4. The highest BCUT2D eigenvalue weighted by Crippen LogP contribution is 2.30. The van der Waals surface area contributed by atoms with Gasteiger partial charge >= 0.3 is 6.01 Å². The van der Waals surface area contributed by atoms with Gasteiger partial charge in [-0.25, -0.2) is 0 Å². The first kappa shape index (κ1) is 10.7. The Kier molecular flexibility index (Phi) is 2.42. The van der Waals surface area contributed by atoms with Crippen LogP contribution in [-0.2, 0) is 5.41 Å². The van der Waals surface area contributed by atoms with Crippen LogP contribution in [0.4, 0.5) is 6.01 Å². The summed E-state index contributed by atoms with van der Waals surface area (Å²) in [7, 11) is 0. The third-order valence-electron chi connectivity index (χ3n) is 2.72. The molecule has 4 nitrogen and oxygen atoms in total. The van der Waals surface area contributed by atoms with Crippen LogP contribution in [0.3, 0.4) is 0 Å². The summed E-state index contributed by atoms with van der Waals surface area (Å²) in [5.74, 6) is 0.538. The molecule has 0 unspecified atom stereocenters. The highest BCUT2D eigenvalue weighted by molar-refractivity contribution is 5.33. The minimum atomic E-state index is -0.323. The van der Waals surface area contributed by atoms with Crippen LogP contribution in [-0.4, -0.2) is 10.2 Å². The van der Waals surface area contributed by atoms with Crippen molar-refractivity contribution in [2.45, 2.75) is 26.2 Å². The number of nitrogens with zero attached hydrogens (tertiary/aromatic N) is 2. The maximum atomic E-state index is 5.44. The van der Waals surface area contributed by atoms with Crippen LogP contribution in [0, 0.1) is 6.92 Å². The van der Waals surface area contributed by atoms with Crippen molar-refractivity contribution in [3.05, 3.63) is 41.3 Å². The van der Waals surface area contributed by atoms with Gasteiger partial charge in [0.2, 0.25) is 5.89 Å². The topological polar surface area (TPSA) is 64.9 Å². The molecule has 1 heterocycles.